The Morgan fingerprint density at radius 1 is 1.00 bits per heavy atom. The number of carbonyl (C=O) groups excluding carboxylic acids is 2. The average Bonchev–Trinajstić information content (AvgIpc) is 2.90. The molecule has 0 saturated heterocycles. The van der Waals surface area contributed by atoms with Crippen molar-refractivity contribution in [2.45, 2.75) is 4.90 Å². The Labute approximate surface area is 159 Å². The first-order valence-electron chi connectivity index (χ1n) is 8.21. The molecular weight excluding hydrogens is 384 g/mol. The molecule has 142 valence electrons. The maximum absolute atomic E-state index is 12.8. The quantitative estimate of drug-likeness (QED) is 0.554. The van der Waals surface area contributed by atoms with Crippen LogP contribution in [0.25, 0.3) is 10.8 Å². The molecular formula is C18H14N4O5S. The third-order valence-electron chi connectivity index (χ3n) is 4.35. The molecule has 2 aromatic carbocycles. The van der Waals surface area contributed by atoms with Gasteiger partial charge in [0.25, 0.3) is 27.4 Å². The van der Waals surface area contributed by atoms with E-state index in [4.69, 9.17) is 0 Å². The van der Waals surface area contributed by atoms with Crippen LogP contribution in [0.2, 0.25) is 0 Å². The van der Waals surface area contributed by atoms with Crippen molar-refractivity contribution in [2.24, 2.45) is 0 Å². The number of amides is 2. The first kappa shape index (κ1) is 17.7. The van der Waals surface area contributed by atoms with Crippen LogP contribution in [-0.4, -0.2) is 31.8 Å². The number of hydrogen-bond acceptors (Lipinski definition) is 5. The van der Waals surface area contributed by atoms with Crippen LogP contribution in [-0.2, 0) is 14.8 Å². The Balaban J connectivity index is 1.53. The lowest BCUT2D eigenvalue weighted by atomic mass is 10.1. The SMILES string of the molecule is O=C(CN1c2cccc3cccc(c23)S1(=O)=O)NNC(=O)c1ccc[nH]c1=O. The van der Waals surface area contributed by atoms with Gasteiger partial charge in [0.15, 0.2) is 0 Å². The molecule has 0 unspecified atom stereocenters. The summed E-state index contributed by atoms with van der Waals surface area (Å²) in [6.07, 6.45) is 1.37. The van der Waals surface area contributed by atoms with Crippen molar-refractivity contribution in [3.05, 3.63) is 70.6 Å². The predicted molar refractivity (Wildman–Crippen MR) is 101 cm³/mol. The van der Waals surface area contributed by atoms with Crippen LogP contribution in [0.1, 0.15) is 10.4 Å². The molecule has 1 aromatic heterocycles. The minimum absolute atomic E-state index is 0.133. The Morgan fingerprint density at radius 3 is 2.50 bits per heavy atom. The van der Waals surface area contributed by atoms with Gasteiger partial charge in [0.1, 0.15) is 12.1 Å². The number of anilines is 1. The molecule has 10 heteroatoms. The van der Waals surface area contributed by atoms with Crippen LogP contribution in [0.5, 0.6) is 0 Å². The summed E-state index contributed by atoms with van der Waals surface area (Å²) in [4.78, 5) is 38.3. The fourth-order valence-electron chi connectivity index (χ4n) is 3.09. The van der Waals surface area contributed by atoms with Gasteiger partial charge in [0.05, 0.1) is 10.6 Å². The number of sulfonamides is 1. The Hall–Kier alpha value is -3.66. The second-order valence-corrected chi connectivity index (χ2v) is 7.89. The van der Waals surface area contributed by atoms with Crippen LogP contribution >= 0.6 is 0 Å². The van der Waals surface area contributed by atoms with E-state index in [-0.39, 0.29) is 10.5 Å². The summed E-state index contributed by atoms with van der Waals surface area (Å²) in [6, 6.07) is 12.8. The highest BCUT2D eigenvalue weighted by Crippen LogP contribution is 2.41. The number of benzene rings is 2. The van der Waals surface area contributed by atoms with Gasteiger partial charge in [-0.2, -0.15) is 0 Å². The number of hydrogen-bond donors (Lipinski definition) is 3. The monoisotopic (exact) mass is 398 g/mol. The number of H-pyrrole nitrogens is 1. The molecule has 2 heterocycles. The third-order valence-corrected chi connectivity index (χ3v) is 6.15. The number of aromatic amines is 1. The van der Waals surface area contributed by atoms with Crippen molar-refractivity contribution < 1.29 is 18.0 Å². The smallest absolute Gasteiger partial charge is 0.275 e. The zero-order valence-corrected chi connectivity index (χ0v) is 15.1. The largest absolute Gasteiger partial charge is 0.328 e. The standard InChI is InChI=1S/C18H14N4O5S/c23-15(20-21-18(25)12-6-3-9-19-17(12)24)10-22-13-7-1-4-11-5-2-8-14(16(11)13)28(22,26)27/h1-9H,10H2,(H,19,24)(H,20,23)(H,21,25). The predicted octanol–water partition coefficient (Wildman–Crippen LogP) is 0.498. The lowest BCUT2D eigenvalue weighted by Crippen LogP contribution is -2.48. The lowest BCUT2D eigenvalue weighted by Gasteiger charge is -2.18. The van der Waals surface area contributed by atoms with E-state index < -0.39 is 33.9 Å². The molecule has 0 aliphatic carbocycles. The Morgan fingerprint density at radius 2 is 1.75 bits per heavy atom. The van der Waals surface area contributed by atoms with Gasteiger partial charge in [-0.05, 0) is 29.7 Å². The van der Waals surface area contributed by atoms with Gasteiger partial charge in [0.2, 0.25) is 0 Å². The number of nitrogens with one attached hydrogen (secondary N) is 3. The maximum atomic E-state index is 12.8. The molecule has 0 atom stereocenters. The van der Waals surface area contributed by atoms with Gasteiger partial charge in [-0.25, -0.2) is 8.42 Å². The second kappa shape index (κ2) is 6.50. The minimum Gasteiger partial charge on any atom is -0.328 e. The van der Waals surface area contributed by atoms with Gasteiger partial charge < -0.3 is 4.98 Å². The molecule has 1 aliphatic rings. The Kier molecular flexibility index (Phi) is 4.12. The summed E-state index contributed by atoms with van der Waals surface area (Å²) in [5, 5.41) is 1.30. The Bertz CT molecular complexity index is 1280. The number of carbonyl (C=O) groups is 2. The normalized spacial score (nSPS) is 14.1. The highest BCUT2D eigenvalue weighted by Gasteiger charge is 2.36. The van der Waals surface area contributed by atoms with Gasteiger partial charge in [-0.15, -0.1) is 0 Å². The molecule has 9 nitrogen and oxygen atoms in total. The average molecular weight is 398 g/mol. The van der Waals surface area contributed by atoms with E-state index in [0.717, 1.165) is 9.69 Å². The van der Waals surface area contributed by atoms with Crippen LogP contribution in [0.3, 0.4) is 0 Å². The molecule has 0 radical (unpaired) electrons. The first-order valence-corrected chi connectivity index (χ1v) is 9.65. The molecule has 0 saturated carbocycles. The van der Waals surface area contributed by atoms with Crippen LogP contribution in [0, 0.1) is 0 Å². The van der Waals surface area contributed by atoms with Gasteiger partial charge in [-0.3, -0.25) is 29.5 Å². The zero-order valence-electron chi connectivity index (χ0n) is 14.3. The van der Waals surface area contributed by atoms with E-state index in [2.05, 4.69) is 15.8 Å². The summed E-state index contributed by atoms with van der Waals surface area (Å²) in [7, 11) is -3.89. The van der Waals surface area contributed by atoms with Crippen molar-refractivity contribution in [3.8, 4) is 0 Å². The minimum atomic E-state index is -3.89. The molecule has 0 fully saturated rings. The fourth-order valence-corrected chi connectivity index (χ4v) is 4.76. The summed E-state index contributed by atoms with van der Waals surface area (Å²) >= 11 is 0. The third kappa shape index (κ3) is 2.79. The number of pyridine rings is 1. The molecule has 4 rings (SSSR count). The molecule has 2 amide bonds. The highest BCUT2D eigenvalue weighted by atomic mass is 32.2. The van der Waals surface area contributed by atoms with E-state index >= 15 is 0 Å². The lowest BCUT2D eigenvalue weighted by molar-refractivity contribution is -0.120. The molecule has 1 aliphatic heterocycles. The zero-order chi connectivity index (χ0) is 19.9. The van der Waals surface area contributed by atoms with E-state index in [0.29, 0.717) is 11.1 Å². The molecule has 3 aromatic rings. The van der Waals surface area contributed by atoms with Gasteiger partial charge in [-0.1, -0.05) is 24.3 Å². The van der Waals surface area contributed by atoms with Gasteiger partial charge in [0, 0.05) is 11.6 Å². The van der Waals surface area contributed by atoms with Crippen molar-refractivity contribution in [1.82, 2.24) is 15.8 Å². The first-order chi connectivity index (χ1) is 13.4. The number of hydrazine groups is 1. The van der Waals surface area contributed by atoms with Crippen LogP contribution < -0.4 is 20.7 Å². The van der Waals surface area contributed by atoms with Crippen molar-refractivity contribution in [3.63, 3.8) is 0 Å². The summed E-state index contributed by atoms with van der Waals surface area (Å²) in [5.41, 5.74) is 3.84. The molecule has 28 heavy (non-hydrogen) atoms. The van der Waals surface area contributed by atoms with Crippen molar-refractivity contribution in [2.75, 3.05) is 10.8 Å². The molecule has 3 N–H and O–H groups in total. The summed E-state index contributed by atoms with van der Waals surface area (Å²) < 4.78 is 26.6. The van der Waals surface area contributed by atoms with Crippen molar-refractivity contribution >= 4 is 38.3 Å². The summed E-state index contributed by atoms with van der Waals surface area (Å²) in [5.74, 6) is -1.57. The fraction of sp³-hybridized carbons (Fsp3) is 0.0556. The summed E-state index contributed by atoms with van der Waals surface area (Å²) in [6.45, 7) is -0.526. The van der Waals surface area contributed by atoms with Crippen molar-refractivity contribution in [1.29, 1.82) is 0 Å². The van der Waals surface area contributed by atoms with Gasteiger partial charge >= 0.3 is 0 Å². The van der Waals surface area contributed by atoms with E-state index in [1.165, 1.54) is 24.4 Å². The second-order valence-electron chi connectivity index (χ2n) is 6.06. The molecule has 0 bridgehead atoms. The number of nitrogens with zero attached hydrogens (tertiary/aromatic N) is 1. The maximum Gasteiger partial charge on any atom is 0.275 e. The van der Waals surface area contributed by atoms with Crippen LogP contribution in [0.4, 0.5) is 5.69 Å². The van der Waals surface area contributed by atoms with E-state index in [1.54, 1.807) is 30.3 Å². The van der Waals surface area contributed by atoms with E-state index in [9.17, 15) is 22.8 Å². The number of aromatic nitrogens is 1. The van der Waals surface area contributed by atoms with E-state index in [1.807, 2.05) is 0 Å². The highest BCUT2D eigenvalue weighted by molar-refractivity contribution is 7.93. The van der Waals surface area contributed by atoms with Crippen LogP contribution in [0.15, 0.2) is 64.4 Å². The molecule has 0 spiro atoms. The number of rotatable bonds is 3. The topological polar surface area (TPSA) is 128 Å².